The Morgan fingerprint density at radius 1 is 1.10 bits per heavy atom. The van der Waals surface area contributed by atoms with Gasteiger partial charge in [0.15, 0.2) is 0 Å². The maximum absolute atomic E-state index is 3.65. The Hall–Kier alpha value is -0.870. The van der Waals surface area contributed by atoms with Crippen LogP contribution in [0.1, 0.15) is 48.6 Å². The van der Waals surface area contributed by atoms with Gasteiger partial charge in [0.05, 0.1) is 6.04 Å². The lowest BCUT2D eigenvalue weighted by molar-refractivity contribution is 0.627. The van der Waals surface area contributed by atoms with E-state index in [-0.39, 0.29) is 6.04 Å². The molecule has 0 bridgehead atoms. The van der Waals surface area contributed by atoms with E-state index in [0.29, 0.717) is 0 Å². The number of nitrogens with one attached hydrogen (secondary N) is 1. The van der Waals surface area contributed by atoms with Crippen LogP contribution in [0.5, 0.6) is 0 Å². The minimum Gasteiger partial charge on any atom is -0.306 e. The van der Waals surface area contributed by atoms with Gasteiger partial charge in [0.2, 0.25) is 0 Å². The molecule has 0 spiro atoms. The lowest BCUT2D eigenvalue weighted by Gasteiger charge is -2.22. The Balaban J connectivity index is 2.43. The standard InChI is InChI=1S/C19H24IN/c1-4-8-15-10-7-11-16(13-15)19(21-5-2)17-12-6-9-14(3)18(17)20/h6-7,9-13,19,21H,4-5,8H2,1-3H3. The summed E-state index contributed by atoms with van der Waals surface area (Å²) in [5, 5.41) is 3.65. The molecule has 21 heavy (non-hydrogen) atoms. The molecule has 1 N–H and O–H groups in total. The SMILES string of the molecule is CCCc1cccc(C(NCC)c2cccc(C)c2I)c1. The molecule has 112 valence electrons. The lowest BCUT2D eigenvalue weighted by Crippen LogP contribution is -2.23. The first-order valence-electron chi connectivity index (χ1n) is 7.74. The fourth-order valence-electron chi connectivity index (χ4n) is 2.72. The van der Waals surface area contributed by atoms with E-state index in [1.54, 1.807) is 0 Å². The largest absolute Gasteiger partial charge is 0.306 e. The number of hydrogen-bond acceptors (Lipinski definition) is 1. The van der Waals surface area contributed by atoms with Crippen molar-refractivity contribution in [2.45, 2.75) is 39.7 Å². The van der Waals surface area contributed by atoms with Crippen LogP contribution in [0.4, 0.5) is 0 Å². The Morgan fingerprint density at radius 2 is 1.86 bits per heavy atom. The highest BCUT2D eigenvalue weighted by Gasteiger charge is 2.16. The molecule has 0 amide bonds. The van der Waals surface area contributed by atoms with E-state index in [2.05, 4.69) is 91.1 Å². The van der Waals surface area contributed by atoms with Crippen molar-refractivity contribution in [1.29, 1.82) is 0 Å². The van der Waals surface area contributed by atoms with E-state index in [1.807, 2.05) is 0 Å². The smallest absolute Gasteiger partial charge is 0.0587 e. The van der Waals surface area contributed by atoms with Crippen LogP contribution in [-0.2, 0) is 6.42 Å². The quantitative estimate of drug-likeness (QED) is 0.661. The first-order chi connectivity index (χ1) is 10.2. The molecule has 0 aromatic heterocycles. The molecule has 0 aliphatic heterocycles. The van der Waals surface area contributed by atoms with Gasteiger partial charge in [0.1, 0.15) is 0 Å². The monoisotopic (exact) mass is 393 g/mol. The summed E-state index contributed by atoms with van der Waals surface area (Å²) in [5.74, 6) is 0. The molecule has 1 atom stereocenters. The minimum absolute atomic E-state index is 0.276. The molecule has 2 aromatic rings. The van der Waals surface area contributed by atoms with Crippen molar-refractivity contribution in [2.75, 3.05) is 6.54 Å². The molecule has 1 unspecified atom stereocenters. The second-order valence-corrected chi connectivity index (χ2v) is 6.54. The highest BCUT2D eigenvalue weighted by molar-refractivity contribution is 14.1. The zero-order valence-corrected chi connectivity index (χ0v) is 15.3. The van der Waals surface area contributed by atoms with Gasteiger partial charge in [0.25, 0.3) is 0 Å². The van der Waals surface area contributed by atoms with Gasteiger partial charge in [-0.2, -0.15) is 0 Å². The summed E-state index contributed by atoms with van der Waals surface area (Å²) in [6.07, 6.45) is 2.34. The van der Waals surface area contributed by atoms with Gasteiger partial charge in [-0.3, -0.25) is 0 Å². The fraction of sp³-hybridized carbons (Fsp3) is 0.368. The van der Waals surface area contributed by atoms with Gasteiger partial charge in [-0.05, 0) is 64.7 Å². The van der Waals surface area contributed by atoms with Crippen LogP contribution in [0.15, 0.2) is 42.5 Å². The van der Waals surface area contributed by atoms with Crippen LogP contribution in [0.2, 0.25) is 0 Å². The van der Waals surface area contributed by atoms with Gasteiger partial charge in [0, 0.05) is 3.57 Å². The second kappa shape index (κ2) is 7.95. The van der Waals surface area contributed by atoms with Crippen LogP contribution in [0.25, 0.3) is 0 Å². The predicted octanol–water partition coefficient (Wildman–Crippen LogP) is 5.25. The van der Waals surface area contributed by atoms with E-state index in [1.165, 1.54) is 32.2 Å². The Bertz CT molecular complexity index is 592. The Labute approximate surface area is 142 Å². The van der Waals surface area contributed by atoms with E-state index < -0.39 is 0 Å². The number of halogens is 1. The third kappa shape index (κ3) is 4.07. The highest BCUT2D eigenvalue weighted by atomic mass is 127. The minimum atomic E-state index is 0.276. The Morgan fingerprint density at radius 3 is 2.57 bits per heavy atom. The summed E-state index contributed by atoms with van der Waals surface area (Å²) < 4.78 is 1.36. The summed E-state index contributed by atoms with van der Waals surface area (Å²) in [6, 6.07) is 15.9. The average Bonchev–Trinajstić information content (AvgIpc) is 2.49. The highest BCUT2D eigenvalue weighted by Crippen LogP contribution is 2.28. The normalized spacial score (nSPS) is 12.4. The predicted molar refractivity (Wildman–Crippen MR) is 99.9 cm³/mol. The van der Waals surface area contributed by atoms with E-state index >= 15 is 0 Å². The van der Waals surface area contributed by atoms with Crippen molar-refractivity contribution in [3.63, 3.8) is 0 Å². The van der Waals surface area contributed by atoms with Crippen molar-refractivity contribution < 1.29 is 0 Å². The summed E-state index contributed by atoms with van der Waals surface area (Å²) >= 11 is 2.47. The summed E-state index contributed by atoms with van der Waals surface area (Å²) in [5.41, 5.74) is 5.53. The average molecular weight is 393 g/mol. The van der Waals surface area contributed by atoms with Crippen molar-refractivity contribution >= 4 is 22.6 Å². The van der Waals surface area contributed by atoms with Crippen molar-refractivity contribution in [2.24, 2.45) is 0 Å². The first-order valence-corrected chi connectivity index (χ1v) is 8.82. The number of rotatable bonds is 6. The fourth-order valence-corrected chi connectivity index (χ4v) is 3.39. The molecule has 0 heterocycles. The number of benzene rings is 2. The molecule has 2 heteroatoms. The van der Waals surface area contributed by atoms with E-state index in [9.17, 15) is 0 Å². The van der Waals surface area contributed by atoms with E-state index in [0.717, 1.165) is 13.0 Å². The zero-order chi connectivity index (χ0) is 15.2. The van der Waals surface area contributed by atoms with Crippen molar-refractivity contribution in [3.05, 3.63) is 68.3 Å². The molecule has 0 saturated carbocycles. The van der Waals surface area contributed by atoms with Gasteiger partial charge >= 0.3 is 0 Å². The van der Waals surface area contributed by atoms with Crippen LogP contribution in [-0.4, -0.2) is 6.54 Å². The van der Waals surface area contributed by atoms with Gasteiger partial charge in [-0.15, -0.1) is 0 Å². The molecular weight excluding hydrogens is 369 g/mol. The third-order valence-corrected chi connectivity index (χ3v) is 5.24. The molecule has 1 nitrogen and oxygen atoms in total. The van der Waals surface area contributed by atoms with Crippen molar-refractivity contribution in [3.8, 4) is 0 Å². The van der Waals surface area contributed by atoms with Gasteiger partial charge in [-0.25, -0.2) is 0 Å². The number of aryl methyl sites for hydroxylation is 2. The third-order valence-electron chi connectivity index (χ3n) is 3.76. The zero-order valence-electron chi connectivity index (χ0n) is 13.1. The lowest BCUT2D eigenvalue weighted by atomic mass is 9.95. The Kier molecular flexibility index (Phi) is 6.24. The molecule has 2 rings (SSSR count). The first kappa shape index (κ1) is 16.5. The second-order valence-electron chi connectivity index (χ2n) is 5.46. The molecule has 0 radical (unpaired) electrons. The molecular formula is C19H24IN. The van der Waals surface area contributed by atoms with Gasteiger partial charge in [-0.1, -0.05) is 62.7 Å². The summed E-state index contributed by atoms with van der Waals surface area (Å²) in [6.45, 7) is 7.55. The van der Waals surface area contributed by atoms with Crippen molar-refractivity contribution in [1.82, 2.24) is 5.32 Å². The van der Waals surface area contributed by atoms with E-state index in [4.69, 9.17) is 0 Å². The van der Waals surface area contributed by atoms with Gasteiger partial charge < -0.3 is 5.32 Å². The maximum atomic E-state index is 3.65. The maximum Gasteiger partial charge on any atom is 0.0587 e. The molecule has 0 fully saturated rings. The summed E-state index contributed by atoms with van der Waals surface area (Å²) in [4.78, 5) is 0. The topological polar surface area (TPSA) is 12.0 Å². The molecule has 0 saturated heterocycles. The molecule has 0 aliphatic rings. The number of hydrogen-bond donors (Lipinski definition) is 1. The van der Waals surface area contributed by atoms with Crippen LogP contribution >= 0.6 is 22.6 Å². The molecule has 0 aliphatic carbocycles. The van der Waals surface area contributed by atoms with Crippen LogP contribution in [0, 0.1) is 10.5 Å². The molecule has 2 aromatic carbocycles. The summed E-state index contributed by atoms with van der Waals surface area (Å²) in [7, 11) is 0. The van der Waals surface area contributed by atoms with Crippen LogP contribution < -0.4 is 5.32 Å². The van der Waals surface area contributed by atoms with Crippen LogP contribution in [0.3, 0.4) is 0 Å².